The summed E-state index contributed by atoms with van der Waals surface area (Å²) in [4.78, 5) is 13.5. The van der Waals surface area contributed by atoms with E-state index in [9.17, 15) is 13.2 Å². The molecule has 1 N–H and O–H groups in total. The minimum Gasteiger partial charge on any atom is -0.478 e. The van der Waals surface area contributed by atoms with Gasteiger partial charge in [0.2, 0.25) is 9.05 Å². The van der Waals surface area contributed by atoms with Crippen LogP contribution >= 0.6 is 10.7 Å². The van der Waals surface area contributed by atoms with E-state index in [0.29, 0.717) is 0 Å². The first-order valence-electron chi connectivity index (χ1n) is 4.59. The molecule has 9 heteroatoms. The Morgan fingerprint density at radius 1 is 1.56 bits per heavy atom. The van der Waals surface area contributed by atoms with Crippen molar-refractivity contribution in [2.45, 2.75) is 12.7 Å². The number of rotatable bonds is 4. The number of hydrogen-bond donors (Lipinski definition) is 1. The summed E-state index contributed by atoms with van der Waals surface area (Å²) in [5, 5.41) is 12.3. The second-order valence-electron chi connectivity index (χ2n) is 3.47. The van der Waals surface area contributed by atoms with E-state index < -0.39 is 20.8 Å². The lowest BCUT2D eigenvalue weighted by Gasteiger charge is -2.07. The van der Waals surface area contributed by atoms with E-state index in [0.717, 1.165) is 0 Å². The van der Waals surface area contributed by atoms with Crippen molar-refractivity contribution in [3.8, 4) is 0 Å². The molecule has 0 aromatic heterocycles. The van der Waals surface area contributed by atoms with E-state index in [1.165, 1.54) is 19.1 Å². The molecule has 0 saturated carbocycles. The van der Waals surface area contributed by atoms with Crippen LogP contribution < -0.4 is 0 Å². The van der Waals surface area contributed by atoms with Crippen molar-refractivity contribution in [1.29, 1.82) is 0 Å². The summed E-state index contributed by atoms with van der Waals surface area (Å²) in [6.07, 6.45) is 0. The number of halogens is 1. The minimum atomic E-state index is -3.82. The van der Waals surface area contributed by atoms with Gasteiger partial charge < -0.3 is 5.11 Å². The largest absolute Gasteiger partial charge is 0.478 e. The predicted molar refractivity (Wildman–Crippen MR) is 65.4 cm³/mol. The van der Waals surface area contributed by atoms with E-state index in [2.05, 4.69) is 10.0 Å². The standard InChI is InChI=1S/C9H8ClN3O4S/c1-5-7(9(14)15)2-6(4-18(10,16)17)3-8(5)12-13-11/h2-3H,4H2,1H3,(H,14,15). The molecule has 0 amide bonds. The summed E-state index contributed by atoms with van der Waals surface area (Å²) in [6, 6.07) is 2.48. The highest BCUT2D eigenvalue weighted by Gasteiger charge is 2.15. The third-order valence-corrected chi connectivity index (χ3v) is 3.17. The van der Waals surface area contributed by atoms with E-state index in [4.69, 9.17) is 21.3 Å². The summed E-state index contributed by atoms with van der Waals surface area (Å²) >= 11 is 0. The van der Waals surface area contributed by atoms with Gasteiger partial charge in [0.15, 0.2) is 0 Å². The average Bonchev–Trinajstić information content (AvgIpc) is 2.20. The molecular weight excluding hydrogens is 282 g/mol. The van der Waals surface area contributed by atoms with E-state index in [1.807, 2.05) is 0 Å². The first kappa shape index (κ1) is 14.3. The Morgan fingerprint density at radius 2 is 2.17 bits per heavy atom. The zero-order chi connectivity index (χ0) is 13.9. The normalized spacial score (nSPS) is 10.8. The number of carboxylic acids is 1. The van der Waals surface area contributed by atoms with Crippen LogP contribution in [0.25, 0.3) is 10.4 Å². The molecule has 0 atom stereocenters. The molecule has 1 aromatic carbocycles. The Kier molecular flexibility index (Phi) is 4.18. The van der Waals surface area contributed by atoms with E-state index in [1.54, 1.807) is 0 Å². The fourth-order valence-corrected chi connectivity index (χ4v) is 2.36. The van der Waals surface area contributed by atoms with Gasteiger partial charge in [-0.3, -0.25) is 0 Å². The maximum atomic E-state index is 11.0. The number of aromatic carboxylic acids is 1. The molecule has 0 aliphatic rings. The van der Waals surface area contributed by atoms with Gasteiger partial charge in [0.05, 0.1) is 11.3 Å². The smallest absolute Gasteiger partial charge is 0.335 e. The summed E-state index contributed by atoms with van der Waals surface area (Å²) < 4.78 is 21.9. The molecule has 7 nitrogen and oxygen atoms in total. The van der Waals surface area contributed by atoms with Crippen molar-refractivity contribution >= 4 is 31.4 Å². The Labute approximate surface area is 107 Å². The highest BCUT2D eigenvalue weighted by Crippen LogP contribution is 2.26. The summed E-state index contributed by atoms with van der Waals surface area (Å²) in [6.45, 7) is 1.46. The number of carboxylic acid groups (broad SMARTS) is 1. The third kappa shape index (κ3) is 3.63. The van der Waals surface area contributed by atoms with Gasteiger partial charge in [-0.15, -0.1) is 0 Å². The van der Waals surface area contributed by atoms with Gasteiger partial charge in [0, 0.05) is 21.3 Å². The molecule has 18 heavy (non-hydrogen) atoms. The zero-order valence-electron chi connectivity index (χ0n) is 9.16. The molecule has 0 heterocycles. The second kappa shape index (κ2) is 5.26. The average molecular weight is 290 g/mol. The maximum absolute atomic E-state index is 11.0. The van der Waals surface area contributed by atoms with Crippen LogP contribution in [0.15, 0.2) is 17.2 Å². The van der Waals surface area contributed by atoms with Crippen LogP contribution in [-0.2, 0) is 14.8 Å². The summed E-state index contributed by atoms with van der Waals surface area (Å²) in [5.41, 5.74) is 8.71. The number of azide groups is 1. The van der Waals surface area contributed by atoms with Gasteiger partial charge in [-0.05, 0) is 35.7 Å². The van der Waals surface area contributed by atoms with E-state index in [-0.39, 0.29) is 22.4 Å². The Morgan fingerprint density at radius 3 is 2.61 bits per heavy atom. The molecule has 0 spiro atoms. The fourth-order valence-electron chi connectivity index (χ4n) is 1.41. The number of carbonyl (C=O) groups is 1. The molecule has 1 rings (SSSR count). The van der Waals surface area contributed by atoms with Crippen molar-refractivity contribution < 1.29 is 18.3 Å². The highest BCUT2D eigenvalue weighted by atomic mass is 35.7. The van der Waals surface area contributed by atoms with Gasteiger partial charge >= 0.3 is 5.97 Å². The molecule has 0 fully saturated rings. The van der Waals surface area contributed by atoms with Crippen LogP contribution in [0.3, 0.4) is 0 Å². The van der Waals surface area contributed by atoms with Crippen LogP contribution in [0.1, 0.15) is 21.5 Å². The number of nitrogens with zero attached hydrogens (tertiary/aromatic N) is 3. The molecule has 96 valence electrons. The van der Waals surface area contributed by atoms with Crippen LogP contribution in [0.4, 0.5) is 5.69 Å². The SMILES string of the molecule is Cc1c(N=[N+]=[N-])cc(CS(=O)(=O)Cl)cc1C(=O)O. The zero-order valence-corrected chi connectivity index (χ0v) is 10.7. The molecule has 0 unspecified atom stereocenters. The highest BCUT2D eigenvalue weighted by molar-refractivity contribution is 8.13. The Hall–Kier alpha value is -1.76. The monoisotopic (exact) mass is 289 g/mol. The van der Waals surface area contributed by atoms with Gasteiger partial charge in [-0.25, -0.2) is 13.2 Å². The quantitative estimate of drug-likeness (QED) is 0.396. The summed E-state index contributed by atoms with van der Waals surface area (Å²) in [5.74, 6) is -1.78. The fraction of sp³-hybridized carbons (Fsp3) is 0.222. The van der Waals surface area contributed by atoms with Crippen LogP contribution in [0.2, 0.25) is 0 Å². The van der Waals surface area contributed by atoms with Gasteiger partial charge in [0.1, 0.15) is 0 Å². The number of hydrogen-bond acceptors (Lipinski definition) is 4. The van der Waals surface area contributed by atoms with Crippen molar-refractivity contribution in [3.05, 3.63) is 39.3 Å². The van der Waals surface area contributed by atoms with Crippen molar-refractivity contribution in [2.24, 2.45) is 5.11 Å². The topological polar surface area (TPSA) is 120 Å². The molecule has 0 bridgehead atoms. The lowest BCUT2D eigenvalue weighted by Crippen LogP contribution is -2.03. The first-order chi connectivity index (χ1) is 8.24. The first-order valence-corrected chi connectivity index (χ1v) is 7.06. The predicted octanol–water partition coefficient (Wildman–Crippen LogP) is 2.70. The van der Waals surface area contributed by atoms with Crippen LogP contribution in [0.5, 0.6) is 0 Å². The Bertz CT molecular complexity index is 627. The van der Waals surface area contributed by atoms with Crippen LogP contribution in [-0.4, -0.2) is 19.5 Å². The van der Waals surface area contributed by atoms with Gasteiger partial charge in [-0.2, -0.15) is 0 Å². The molecule has 0 aliphatic heterocycles. The van der Waals surface area contributed by atoms with Gasteiger partial charge in [0.25, 0.3) is 0 Å². The molecule has 1 aromatic rings. The van der Waals surface area contributed by atoms with Gasteiger partial charge in [-0.1, -0.05) is 5.11 Å². The van der Waals surface area contributed by atoms with E-state index >= 15 is 0 Å². The molecule has 0 radical (unpaired) electrons. The lowest BCUT2D eigenvalue weighted by atomic mass is 10.0. The third-order valence-electron chi connectivity index (χ3n) is 2.16. The minimum absolute atomic E-state index is 0.0627. The number of benzene rings is 1. The van der Waals surface area contributed by atoms with Crippen LogP contribution in [0, 0.1) is 6.92 Å². The second-order valence-corrected chi connectivity index (χ2v) is 6.24. The molecular formula is C9H8ClN3O4S. The summed E-state index contributed by atoms with van der Waals surface area (Å²) in [7, 11) is 1.27. The molecule has 0 aliphatic carbocycles. The Balaban J connectivity index is 3.47. The van der Waals surface area contributed by atoms with Crippen molar-refractivity contribution in [3.63, 3.8) is 0 Å². The maximum Gasteiger partial charge on any atom is 0.335 e. The van der Waals surface area contributed by atoms with Crippen molar-refractivity contribution in [1.82, 2.24) is 0 Å². The molecule has 0 saturated heterocycles. The lowest BCUT2D eigenvalue weighted by molar-refractivity contribution is 0.0696. The van der Waals surface area contributed by atoms with Crippen molar-refractivity contribution in [2.75, 3.05) is 0 Å².